The van der Waals surface area contributed by atoms with Gasteiger partial charge in [0.25, 0.3) is 0 Å². The van der Waals surface area contributed by atoms with Gasteiger partial charge in [0.1, 0.15) is 17.3 Å². The van der Waals surface area contributed by atoms with E-state index in [0.717, 1.165) is 11.1 Å². The third kappa shape index (κ3) is 1.73. The highest BCUT2D eigenvalue weighted by Crippen LogP contribution is 2.68. The lowest BCUT2D eigenvalue weighted by Gasteiger charge is -2.53. The van der Waals surface area contributed by atoms with Crippen molar-refractivity contribution in [3.05, 3.63) is 35.6 Å². The maximum Gasteiger partial charge on any atom is 0.143 e. The minimum Gasteiger partial charge on any atom is -0.508 e. The Labute approximate surface area is 145 Å². The normalized spacial score (nSPS) is 43.0. The molecule has 5 heteroatoms. The lowest BCUT2D eigenvalue weighted by atomic mass is 9.51. The zero-order valence-corrected chi connectivity index (χ0v) is 14.3. The monoisotopic (exact) mass is 342 g/mol. The van der Waals surface area contributed by atoms with Crippen LogP contribution in [0.25, 0.3) is 0 Å². The molecule has 0 saturated heterocycles. The second-order valence-electron chi connectivity index (χ2n) is 8.77. The first kappa shape index (κ1) is 15.4. The number of ketones is 1. The SMILES string of the molecule is CC1(C)[C@H]2C(=COc3cc(O)ccc32)C2C(=O)C[C@]3(O)C[C@H]1[C@H]2[C@H]3O. The number of carbonyl (C=O) groups excluding carboxylic acids is 1. The predicted octanol–water partition coefficient (Wildman–Crippen LogP) is 2.11. The Morgan fingerprint density at radius 2 is 2.04 bits per heavy atom. The molecule has 0 radical (unpaired) electrons. The van der Waals surface area contributed by atoms with Crippen LogP contribution in [0, 0.1) is 23.2 Å². The fraction of sp³-hybridized carbons (Fsp3) is 0.550. The second-order valence-corrected chi connectivity index (χ2v) is 8.77. The summed E-state index contributed by atoms with van der Waals surface area (Å²) in [6.07, 6.45) is 1.23. The van der Waals surface area contributed by atoms with Crippen LogP contribution in [-0.4, -0.2) is 32.8 Å². The second kappa shape index (κ2) is 4.46. The number of fused-ring (bicyclic) bond motifs is 5. The molecule has 3 fully saturated rings. The number of aliphatic hydroxyl groups is 2. The lowest BCUT2D eigenvalue weighted by molar-refractivity contribution is -0.149. The maximum atomic E-state index is 12.8. The van der Waals surface area contributed by atoms with E-state index in [0.29, 0.717) is 12.2 Å². The van der Waals surface area contributed by atoms with Crippen LogP contribution >= 0.6 is 0 Å². The van der Waals surface area contributed by atoms with Crippen molar-refractivity contribution in [3.8, 4) is 11.5 Å². The molecule has 4 aliphatic rings. The van der Waals surface area contributed by atoms with Crippen LogP contribution in [0.2, 0.25) is 0 Å². The highest BCUT2D eigenvalue weighted by molar-refractivity contribution is 5.88. The fourth-order valence-electron chi connectivity index (χ4n) is 6.14. The van der Waals surface area contributed by atoms with E-state index in [9.17, 15) is 20.1 Å². The van der Waals surface area contributed by atoms with Crippen LogP contribution in [0.1, 0.15) is 38.2 Å². The van der Waals surface area contributed by atoms with Crippen molar-refractivity contribution >= 4 is 5.78 Å². The van der Waals surface area contributed by atoms with Gasteiger partial charge in [0.05, 0.1) is 18.0 Å². The number of allylic oxidation sites excluding steroid dienone is 1. The molecule has 3 saturated carbocycles. The zero-order valence-electron chi connectivity index (χ0n) is 14.3. The molecular formula is C20H22O5. The number of phenols is 1. The summed E-state index contributed by atoms with van der Waals surface area (Å²) in [7, 11) is 0. The Kier molecular flexibility index (Phi) is 2.75. The molecule has 132 valence electrons. The van der Waals surface area contributed by atoms with Crippen molar-refractivity contribution in [1.82, 2.24) is 0 Å². The van der Waals surface area contributed by atoms with Crippen LogP contribution in [0.3, 0.4) is 0 Å². The number of aromatic hydroxyl groups is 1. The summed E-state index contributed by atoms with van der Waals surface area (Å²) in [6, 6.07) is 5.10. The van der Waals surface area contributed by atoms with Gasteiger partial charge < -0.3 is 20.1 Å². The van der Waals surface area contributed by atoms with E-state index in [4.69, 9.17) is 4.74 Å². The van der Waals surface area contributed by atoms with Gasteiger partial charge in [-0.2, -0.15) is 0 Å². The summed E-state index contributed by atoms with van der Waals surface area (Å²) in [6.45, 7) is 4.30. The molecule has 3 aliphatic carbocycles. The Hall–Kier alpha value is -1.85. The third-order valence-electron chi connectivity index (χ3n) is 7.19. The first-order valence-corrected chi connectivity index (χ1v) is 8.87. The van der Waals surface area contributed by atoms with Crippen LogP contribution in [0.5, 0.6) is 11.5 Å². The van der Waals surface area contributed by atoms with Gasteiger partial charge in [0, 0.05) is 35.8 Å². The lowest BCUT2D eigenvalue weighted by Crippen LogP contribution is -2.55. The van der Waals surface area contributed by atoms with Gasteiger partial charge in [-0.05, 0) is 29.4 Å². The minimum absolute atomic E-state index is 0.00196. The first-order valence-electron chi connectivity index (χ1n) is 8.87. The summed E-state index contributed by atoms with van der Waals surface area (Å²) in [5.74, 6) is 0.112. The number of phenolic OH excluding ortho intramolecular Hbond substituents is 1. The average Bonchev–Trinajstić information content (AvgIpc) is 2.73. The number of Topliss-reactive ketones (excluding diaryl/α,β-unsaturated/α-hetero) is 1. The van der Waals surface area contributed by atoms with Gasteiger partial charge in [-0.1, -0.05) is 19.9 Å². The van der Waals surface area contributed by atoms with Gasteiger partial charge in [-0.3, -0.25) is 4.79 Å². The summed E-state index contributed by atoms with van der Waals surface area (Å²) in [5, 5.41) is 31.4. The molecule has 0 aromatic heterocycles. The molecule has 0 amide bonds. The summed E-state index contributed by atoms with van der Waals surface area (Å²) in [4.78, 5) is 12.8. The van der Waals surface area contributed by atoms with E-state index in [1.165, 1.54) is 0 Å². The van der Waals surface area contributed by atoms with Crippen molar-refractivity contribution < 1.29 is 24.9 Å². The molecule has 2 bridgehead atoms. The van der Waals surface area contributed by atoms with Crippen LogP contribution in [0.15, 0.2) is 30.0 Å². The fourth-order valence-corrected chi connectivity index (χ4v) is 6.14. The van der Waals surface area contributed by atoms with E-state index in [1.807, 2.05) is 6.07 Å². The van der Waals surface area contributed by atoms with Crippen molar-refractivity contribution in [1.29, 1.82) is 0 Å². The molecule has 0 spiro atoms. The molecule has 1 aliphatic heterocycles. The largest absolute Gasteiger partial charge is 0.508 e. The van der Waals surface area contributed by atoms with Crippen molar-refractivity contribution in [2.45, 2.75) is 44.3 Å². The van der Waals surface area contributed by atoms with E-state index in [2.05, 4.69) is 13.8 Å². The topological polar surface area (TPSA) is 87.0 Å². The first-order chi connectivity index (χ1) is 11.7. The maximum absolute atomic E-state index is 12.8. The number of benzene rings is 1. The molecule has 1 unspecified atom stereocenters. The molecule has 25 heavy (non-hydrogen) atoms. The van der Waals surface area contributed by atoms with E-state index >= 15 is 0 Å². The third-order valence-corrected chi connectivity index (χ3v) is 7.19. The van der Waals surface area contributed by atoms with Crippen molar-refractivity contribution in [3.63, 3.8) is 0 Å². The number of rotatable bonds is 0. The van der Waals surface area contributed by atoms with Crippen molar-refractivity contribution in [2.24, 2.45) is 23.2 Å². The number of hydrogen-bond acceptors (Lipinski definition) is 5. The molecule has 6 atom stereocenters. The van der Waals surface area contributed by atoms with Gasteiger partial charge in [-0.25, -0.2) is 0 Å². The number of ether oxygens (including phenoxy) is 1. The van der Waals surface area contributed by atoms with Gasteiger partial charge in [0.2, 0.25) is 0 Å². The van der Waals surface area contributed by atoms with Gasteiger partial charge >= 0.3 is 0 Å². The summed E-state index contributed by atoms with van der Waals surface area (Å²) in [5.41, 5.74) is 0.312. The average molecular weight is 342 g/mol. The molecule has 5 rings (SSSR count). The summed E-state index contributed by atoms with van der Waals surface area (Å²) < 4.78 is 5.76. The minimum atomic E-state index is -1.30. The molecular weight excluding hydrogens is 320 g/mol. The van der Waals surface area contributed by atoms with Crippen LogP contribution in [0.4, 0.5) is 0 Å². The molecule has 5 nitrogen and oxygen atoms in total. The van der Waals surface area contributed by atoms with Gasteiger partial charge in [0.15, 0.2) is 0 Å². The van der Waals surface area contributed by atoms with Crippen LogP contribution in [-0.2, 0) is 4.79 Å². The molecule has 3 N–H and O–H groups in total. The Morgan fingerprint density at radius 1 is 1.28 bits per heavy atom. The standard InChI is InChI=1S/C20H22O5/c1-19(2)12-6-20(24)7-13(22)15(16(12)18(20)23)11-8-25-14-5-9(21)3-4-10(14)17(11)19/h3-5,8,12,15-18,21,23-24H,6-7H2,1-2H3/t12-,15?,16+,17+,18+,20+/m0/s1. The molecule has 1 aromatic carbocycles. The quantitative estimate of drug-likeness (QED) is 0.672. The number of hydrogen-bond donors (Lipinski definition) is 3. The Balaban J connectivity index is 1.73. The number of aliphatic hydroxyl groups excluding tert-OH is 1. The van der Waals surface area contributed by atoms with E-state index < -0.39 is 17.6 Å². The molecule has 1 aromatic rings. The van der Waals surface area contributed by atoms with E-state index in [1.54, 1.807) is 18.4 Å². The molecule has 1 heterocycles. The van der Waals surface area contributed by atoms with Gasteiger partial charge in [-0.15, -0.1) is 0 Å². The van der Waals surface area contributed by atoms with Crippen molar-refractivity contribution in [2.75, 3.05) is 0 Å². The van der Waals surface area contributed by atoms with Crippen LogP contribution < -0.4 is 4.74 Å². The number of carbonyl (C=O) groups is 1. The highest BCUT2D eigenvalue weighted by Gasteiger charge is 2.69. The summed E-state index contributed by atoms with van der Waals surface area (Å²) >= 11 is 0. The zero-order chi connectivity index (χ0) is 17.7. The van der Waals surface area contributed by atoms with E-state index in [-0.39, 0.29) is 41.1 Å². The Bertz CT molecular complexity index is 825. The Morgan fingerprint density at radius 3 is 2.80 bits per heavy atom. The predicted molar refractivity (Wildman–Crippen MR) is 89.0 cm³/mol. The smallest absolute Gasteiger partial charge is 0.143 e. The highest BCUT2D eigenvalue weighted by atomic mass is 16.5.